The average molecular weight is 363 g/mol. The molecule has 0 saturated heterocycles. The monoisotopic (exact) mass is 362 g/mol. The molecule has 0 saturated carbocycles. The Morgan fingerprint density at radius 2 is 2.12 bits per heavy atom. The topological polar surface area (TPSA) is 67.1 Å². The Bertz CT molecular complexity index is 707. The molecule has 2 aromatic rings. The highest BCUT2D eigenvalue weighted by Gasteiger charge is 2.19. The SMILES string of the molecule is CCn1cnnc1CNC(=NC)NCC(C)(C)Cc1cccc(Cl)c1. The zero-order valence-corrected chi connectivity index (χ0v) is 16.1. The van der Waals surface area contributed by atoms with E-state index in [4.69, 9.17) is 11.6 Å². The summed E-state index contributed by atoms with van der Waals surface area (Å²) in [5.41, 5.74) is 1.30. The molecule has 6 nitrogen and oxygen atoms in total. The third kappa shape index (κ3) is 6.05. The molecule has 7 heteroatoms. The summed E-state index contributed by atoms with van der Waals surface area (Å²) in [6.07, 6.45) is 2.67. The molecule has 0 spiro atoms. The summed E-state index contributed by atoms with van der Waals surface area (Å²) in [7, 11) is 1.77. The summed E-state index contributed by atoms with van der Waals surface area (Å²) >= 11 is 6.08. The van der Waals surface area contributed by atoms with Crippen LogP contribution in [-0.4, -0.2) is 34.3 Å². The van der Waals surface area contributed by atoms with Gasteiger partial charge in [-0.2, -0.15) is 0 Å². The van der Waals surface area contributed by atoms with Crippen LogP contribution in [0.15, 0.2) is 35.6 Å². The normalized spacial score (nSPS) is 12.3. The lowest BCUT2D eigenvalue weighted by molar-refractivity contribution is 0.359. The summed E-state index contributed by atoms with van der Waals surface area (Å²) in [5.74, 6) is 1.65. The van der Waals surface area contributed by atoms with Gasteiger partial charge in [0, 0.05) is 25.2 Å². The van der Waals surface area contributed by atoms with Crippen molar-refractivity contribution in [2.75, 3.05) is 13.6 Å². The van der Waals surface area contributed by atoms with Gasteiger partial charge in [-0.3, -0.25) is 4.99 Å². The fourth-order valence-corrected chi connectivity index (χ4v) is 2.86. The van der Waals surface area contributed by atoms with Gasteiger partial charge in [-0.15, -0.1) is 10.2 Å². The molecule has 0 atom stereocenters. The predicted octanol–water partition coefficient (Wildman–Crippen LogP) is 2.89. The Labute approximate surface area is 154 Å². The number of guanidine groups is 1. The number of nitrogens with one attached hydrogen (secondary N) is 2. The maximum Gasteiger partial charge on any atom is 0.191 e. The van der Waals surface area contributed by atoms with Gasteiger partial charge < -0.3 is 15.2 Å². The molecule has 0 aliphatic carbocycles. The van der Waals surface area contributed by atoms with Crippen LogP contribution < -0.4 is 10.6 Å². The second-order valence-corrected chi connectivity index (χ2v) is 7.22. The van der Waals surface area contributed by atoms with Crippen molar-refractivity contribution in [2.45, 2.75) is 40.3 Å². The van der Waals surface area contributed by atoms with E-state index < -0.39 is 0 Å². The van der Waals surface area contributed by atoms with Crippen molar-refractivity contribution in [3.8, 4) is 0 Å². The zero-order valence-electron chi connectivity index (χ0n) is 15.4. The number of hydrogen-bond donors (Lipinski definition) is 2. The van der Waals surface area contributed by atoms with Gasteiger partial charge in [-0.05, 0) is 36.5 Å². The standard InChI is InChI=1S/C18H27ClN6/c1-5-25-13-23-24-16(25)11-21-17(20-4)22-12-18(2,3)10-14-7-6-8-15(19)9-14/h6-9,13H,5,10-12H2,1-4H3,(H2,20,21,22). The average Bonchev–Trinajstić information content (AvgIpc) is 3.02. The highest BCUT2D eigenvalue weighted by Crippen LogP contribution is 2.22. The molecule has 136 valence electrons. The smallest absolute Gasteiger partial charge is 0.191 e. The first kappa shape index (κ1) is 19.2. The second kappa shape index (κ2) is 8.85. The van der Waals surface area contributed by atoms with Crippen molar-refractivity contribution in [1.29, 1.82) is 0 Å². The molecule has 0 bridgehead atoms. The first-order valence-corrected chi connectivity index (χ1v) is 8.87. The summed E-state index contributed by atoms with van der Waals surface area (Å²) in [6.45, 7) is 8.74. The van der Waals surface area contributed by atoms with Gasteiger partial charge in [0.25, 0.3) is 0 Å². The molecule has 1 aromatic heterocycles. The van der Waals surface area contributed by atoms with Crippen LogP contribution >= 0.6 is 11.6 Å². The van der Waals surface area contributed by atoms with Crippen molar-refractivity contribution in [3.63, 3.8) is 0 Å². The first-order valence-electron chi connectivity index (χ1n) is 8.49. The molecule has 25 heavy (non-hydrogen) atoms. The maximum atomic E-state index is 6.08. The molecule has 1 aromatic carbocycles. The molecular weight excluding hydrogens is 336 g/mol. The van der Waals surface area contributed by atoms with Crippen LogP contribution in [0.4, 0.5) is 0 Å². The number of rotatable bonds is 7. The molecule has 2 rings (SSSR count). The van der Waals surface area contributed by atoms with Gasteiger partial charge in [0.05, 0.1) is 6.54 Å². The maximum absolute atomic E-state index is 6.08. The fourth-order valence-electron chi connectivity index (χ4n) is 2.65. The number of nitrogens with zero attached hydrogens (tertiary/aromatic N) is 4. The van der Waals surface area contributed by atoms with E-state index in [-0.39, 0.29) is 5.41 Å². The Morgan fingerprint density at radius 3 is 2.80 bits per heavy atom. The van der Waals surface area contributed by atoms with Crippen LogP contribution in [0.5, 0.6) is 0 Å². The van der Waals surface area contributed by atoms with E-state index in [2.05, 4.69) is 52.7 Å². The largest absolute Gasteiger partial charge is 0.356 e. The summed E-state index contributed by atoms with van der Waals surface area (Å²) in [4.78, 5) is 4.28. The number of aryl methyl sites for hydroxylation is 1. The van der Waals surface area contributed by atoms with E-state index in [0.717, 1.165) is 36.3 Å². The first-order chi connectivity index (χ1) is 11.9. The lowest BCUT2D eigenvalue weighted by Crippen LogP contribution is -2.42. The predicted molar refractivity (Wildman–Crippen MR) is 103 cm³/mol. The van der Waals surface area contributed by atoms with Crippen LogP contribution in [0.25, 0.3) is 0 Å². The van der Waals surface area contributed by atoms with E-state index in [1.165, 1.54) is 5.56 Å². The van der Waals surface area contributed by atoms with Crippen LogP contribution in [0.3, 0.4) is 0 Å². The van der Waals surface area contributed by atoms with Crippen molar-refractivity contribution in [3.05, 3.63) is 47.0 Å². The summed E-state index contributed by atoms with van der Waals surface area (Å²) in [5, 5.41) is 15.5. The van der Waals surface area contributed by atoms with Gasteiger partial charge >= 0.3 is 0 Å². The minimum absolute atomic E-state index is 0.0613. The van der Waals surface area contributed by atoms with E-state index in [9.17, 15) is 0 Å². The third-order valence-corrected chi connectivity index (χ3v) is 4.22. The third-order valence-electron chi connectivity index (χ3n) is 3.98. The Morgan fingerprint density at radius 1 is 1.32 bits per heavy atom. The Kier molecular flexibility index (Phi) is 6.82. The van der Waals surface area contributed by atoms with Gasteiger partial charge in [0.2, 0.25) is 0 Å². The van der Waals surface area contributed by atoms with E-state index in [1.807, 2.05) is 22.8 Å². The Balaban J connectivity index is 1.86. The molecule has 1 heterocycles. The molecule has 0 aliphatic rings. The number of aliphatic imine (C=N–C) groups is 1. The molecular formula is C18H27ClN6. The molecule has 0 aliphatic heterocycles. The van der Waals surface area contributed by atoms with Gasteiger partial charge in [0.15, 0.2) is 11.8 Å². The van der Waals surface area contributed by atoms with Crippen molar-refractivity contribution in [1.82, 2.24) is 25.4 Å². The number of benzene rings is 1. The van der Waals surface area contributed by atoms with Gasteiger partial charge in [0.1, 0.15) is 6.33 Å². The molecule has 2 N–H and O–H groups in total. The van der Waals surface area contributed by atoms with Crippen LogP contribution in [0.2, 0.25) is 5.02 Å². The minimum atomic E-state index is 0.0613. The summed E-state index contributed by atoms with van der Waals surface area (Å²) in [6, 6.07) is 8.02. The number of hydrogen-bond acceptors (Lipinski definition) is 3. The lowest BCUT2D eigenvalue weighted by atomic mass is 9.86. The van der Waals surface area contributed by atoms with Crippen LogP contribution in [-0.2, 0) is 19.5 Å². The fraction of sp³-hybridized carbons (Fsp3) is 0.500. The van der Waals surface area contributed by atoms with Crippen molar-refractivity contribution >= 4 is 17.6 Å². The lowest BCUT2D eigenvalue weighted by Gasteiger charge is -2.26. The minimum Gasteiger partial charge on any atom is -0.356 e. The van der Waals surface area contributed by atoms with Crippen molar-refractivity contribution < 1.29 is 0 Å². The van der Waals surface area contributed by atoms with Crippen LogP contribution in [0, 0.1) is 5.41 Å². The molecule has 0 radical (unpaired) electrons. The molecule has 0 amide bonds. The number of halogens is 1. The van der Waals surface area contributed by atoms with Gasteiger partial charge in [-0.1, -0.05) is 37.6 Å². The van der Waals surface area contributed by atoms with E-state index in [0.29, 0.717) is 6.54 Å². The second-order valence-electron chi connectivity index (χ2n) is 6.78. The highest BCUT2D eigenvalue weighted by atomic mass is 35.5. The molecule has 0 unspecified atom stereocenters. The van der Waals surface area contributed by atoms with E-state index in [1.54, 1.807) is 13.4 Å². The van der Waals surface area contributed by atoms with Crippen LogP contribution in [0.1, 0.15) is 32.2 Å². The van der Waals surface area contributed by atoms with Crippen molar-refractivity contribution in [2.24, 2.45) is 10.4 Å². The quantitative estimate of drug-likeness (QED) is 0.587. The zero-order chi connectivity index (χ0) is 18.3. The Hall–Kier alpha value is -2.08. The van der Waals surface area contributed by atoms with Gasteiger partial charge in [-0.25, -0.2) is 0 Å². The highest BCUT2D eigenvalue weighted by molar-refractivity contribution is 6.30. The number of aromatic nitrogens is 3. The van der Waals surface area contributed by atoms with E-state index >= 15 is 0 Å². The molecule has 0 fully saturated rings. The summed E-state index contributed by atoms with van der Waals surface area (Å²) < 4.78 is 2.00.